The highest BCUT2D eigenvalue weighted by Gasteiger charge is 2.13. The molecule has 0 unspecified atom stereocenters. The van der Waals surface area contributed by atoms with Crippen LogP contribution < -0.4 is 0 Å². The minimum Gasteiger partial charge on any atom is -0.342 e. The highest BCUT2D eigenvalue weighted by molar-refractivity contribution is 5.94. The van der Waals surface area contributed by atoms with Crippen molar-refractivity contribution in [2.24, 2.45) is 5.92 Å². The van der Waals surface area contributed by atoms with E-state index in [0.29, 0.717) is 23.6 Å². The first-order chi connectivity index (χ1) is 7.91. The van der Waals surface area contributed by atoms with Crippen LogP contribution in [0.5, 0.6) is 0 Å². The van der Waals surface area contributed by atoms with E-state index in [2.05, 4.69) is 13.8 Å². The predicted molar refractivity (Wildman–Crippen MR) is 67.6 cm³/mol. The first kappa shape index (κ1) is 13.7. The number of carbonyl (C=O) groups is 1. The van der Waals surface area contributed by atoms with E-state index < -0.39 is 0 Å². The number of carbonyl (C=O) groups excluding carboxylic acids is 1. The number of hydrogen-bond acceptors (Lipinski definition) is 1. The van der Waals surface area contributed by atoms with Crippen molar-refractivity contribution in [3.05, 3.63) is 35.1 Å². The Kier molecular flexibility index (Phi) is 4.67. The van der Waals surface area contributed by atoms with Crippen molar-refractivity contribution in [1.29, 1.82) is 0 Å². The summed E-state index contributed by atoms with van der Waals surface area (Å²) >= 11 is 0. The average molecular weight is 237 g/mol. The molecule has 3 heteroatoms. The fourth-order valence-electron chi connectivity index (χ4n) is 1.50. The molecular formula is C14H20FNO. The summed E-state index contributed by atoms with van der Waals surface area (Å²) < 4.78 is 13.3. The van der Waals surface area contributed by atoms with Crippen molar-refractivity contribution in [3.8, 4) is 0 Å². The standard InChI is InChI=1S/C14H20FNO/c1-10(2)7-8-16(4)14(17)12-6-5-11(3)13(15)9-12/h5-6,9-10H,7-8H2,1-4H3. The van der Waals surface area contributed by atoms with Gasteiger partial charge < -0.3 is 4.90 Å². The molecule has 1 aromatic rings. The minimum absolute atomic E-state index is 0.121. The lowest BCUT2D eigenvalue weighted by Crippen LogP contribution is -2.28. The van der Waals surface area contributed by atoms with E-state index in [4.69, 9.17) is 0 Å². The molecule has 94 valence electrons. The van der Waals surface area contributed by atoms with Crippen molar-refractivity contribution in [2.45, 2.75) is 27.2 Å². The summed E-state index contributed by atoms with van der Waals surface area (Å²) in [6.45, 7) is 6.62. The van der Waals surface area contributed by atoms with Gasteiger partial charge in [-0.05, 0) is 37.0 Å². The second kappa shape index (κ2) is 5.80. The Hall–Kier alpha value is -1.38. The molecule has 0 aromatic heterocycles. The van der Waals surface area contributed by atoms with Crippen LogP contribution >= 0.6 is 0 Å². The van der Waals surface area contributed by atoms with Crippen molar-refractivity contribution < 1.29 is 9.18 Å². The van der Waals surface area contributed by atoms with Gasteiger partial charge in [0.15, 0.2) is 0 Å². The Morgan fingerprint density at radius 2 is 2.06 bits per heavy atom. The second-order valence-electron chi connectivity index (χ2n) is 4.87. The van der Waals surface area contributed by atoms with E-state index in [0.717, 1.165) is 6.42 Å². The molecule has 0 radical (unpaired) electrons. The largest absolute Gasteiger partial charge is 0.342 e. The maximum absolute atomic E-state index is 13.3. The first-order valence-corrected chi connectivity index (χ1v) is 5.93. The number of benzene rings is 1. The summed E-state index contributed by atoms with van der Waals surface area (Å²) in [6, 6.07) is 4.62. The Balaban J connectivity index is 2.71. The lowest BCUT2D eigenvalue weighted by Gasteiger charge is -2.18. The molecule has 1 amide bonds. The molecule has 0 heterocycles. The van der Waals surface area contributed by atoms with Crippen LogP contribution in [0.25, 0.3) is 0 Å². The Labute approximate surface area is 102 Å². The summed E-state index contributed by atoms with van der Waals surface area (Å²) in [5.41, 5.74) is 0.978. The van der Waals surface area contributed by atoms with Gasteiger partial charge >= 0.3 is 0 Å². The third kappa shape index (κ3) is 3.84. The molecule has 0 bridgehead atoms. The van der Waals surface area contributed by atoms with E-state index in [-0.39, 0.29) is 11.7 Å². The Morgan fingerprint density at radius 3 is 2.59 bits per heavy atom. The molecule has 1 rings (SSSR count). The van der Waals surface area contributed by atoms with E-state index in [9.17, 15) is 9.18 Å². The third-order valence-electron chi connectivity index (χ3n) is 2.81. The summed E-state index contributed by atoms with van der Waals surface area (Å²) in [5.74, 6) is 0.109. The van der Waals surface area contributed by atoms with Gasteiger partial charge in [-0.15, -0.1) is 0 Å². The molecular weight excluding hydrogens is 217 g/mol. The number of hydrogen-bond donors (Lipinski definition) is 0. The van der Waals surface area contributed by atoms with E-state index in [1.807, 2.05) is 0 Å². The molecule has 0 saturated carbocycles. The summed E-state index contributed by atoms with van der Waals surface area (Å²) in [6.07, 6.45) is 0.955. The number of amides is 1. The van der Waals surface area contributed by atoms with Crippen LogP contribution in [0, 0.1) is 18.7 Å². The van der Waals surface area contributed by atoms with Gasteiger partial charge in [-0.1, -0.05) is 19.9 Å². The predicted octanol–water partition coefficient (Wildman–Crippen LogP) is 3.25. The van der Waals surface area contributed by atoms with Crippen LogP contribution in [-0.2, 0) is 0 Å². The third-order valence-corrected chi connectivity index (χ3v) is 2.81. The monoisotopic (exact) mass is 237 g/mol. The molecule has 0 spiro atoms. The molecule has 0 atom stereocenters. The topological polar surface area (TPSA) is 20.3 Å². The molecule has 0 aliphatic heterocycles. The summed E-state index contributed by atoms with van der Waals surface area (Å²) in [5, 5.41) is 0. The zero-order chi connectivity index (χ0) is 13.0. The molecule has 0 fully saturated rings. The highest BCUT2D eigenvalue weighted by Crippen LogP contribution is 2.11. The van der Waals surface area contributed by atoms with Gasteiger partial charge in [-0.3, -0.25) is 4.79 Å². The SMILES string of the molecule is Cc1ccc(C(=O)N(C)CCC(C)C)cc1F. The smallest absolute Gasteiger partial charge is 0.253 e. The highest BCUT2D eigenvalue weighted by atomic mass is 19.1. The molecule has 1 aromatic carbocycles. The maximum Gasteiger partial charge on any atom is 0.253 e. The van der Waals surface area contributed by atoms with Gasteiger partial charge in [-0.2, -0.15) is 0 Å². The number of aryl methyl sites for hydroxylation is 1. The van der Waals surface area contributed by atoms with Gasteiger partial charge in [0, 0.05) is 19.2 Å². The molecule has 0 saturated heterocycles. The van der Waals surface area contributed by atoms with Crippen LogP contribution in [0.2, 0.25) is 0 Å². The molecule has 0 N–H and O–H groups in total. The normalized spacial score (nSPS) is 10.7. The lowest BCUT2D eigenvalue weighted by molar-refractivity contribution is 0.0788. The zero-order valence-corrected chi connectivity index (χ0v) is 11.0. The summed E-state index contributed by atoms with van der Waals surface area (Å²) in [7, 11) is 1.75. The fraction of sp³-hybridized carbons (Fsp3) is 0.500. The van der Waals surface area contributed by atoms with Crippen molar-refractivity contribution >= 4 is 5.91 Å². The number of rotatable bonds is 4. The number of halogens is 1. The van der Waals surface area contributed by atoms with Crippen LogP contribution in [0.15, 0.2) is 18.2 Å². The minimum atomic E-state index is -0.326. The molecule has 0 aliphatic rings. The average Bonchev–Trinajstić information content (AvgIpc) is 2.28. The van der Waals surface area contributed by atoms with E-state index >= 15 is 0 Å². The van der Waals surface area contributed by atoms with E-state index in [1.54, 1.807) is 31.0 Å². The summed E-state index contributed by atoms with van der Waals surface area (Å²) in [4.78, 5) is 13.6. The van der Waals surface area contributed by atoms with Crippen molar-refractivity contribution in [3.63, 3.8) is 0 Å². The first-order valence-electron chi connectivity index (χ1n) is 5.93. The fourth-order valence-corrected chi connectivity index (χ4v) is 1.50. The van der Waals surface area contributed by atoms with E-state index in [1.165, 1.54) is 6.07 Å². The van der Waals surface area contributed by atoms with Gasteiger partial charge in [0.05, 0.1) is 0 Å². The Morgan fingerprint density at radius 1 is 1.41 bits per heavy atom. The Bertz CT molecular complexity index is 401. The van der Waals surface area contributed by atoms with Gasteiger partial charge in [-0.25, -0.2) is 4.39 Å². The second-order valence-corrected chi connectivity index (χ2v) is 4.87. The quantitative estimate of drug-likeness (QED) is 0.787. The van der Waals surface area contributed by atoms with Crippen molar-refractivity contribution in [1.82, 2.24) is 4.90 Å². The van der Waals surface area contributed by atoms with Crippen molar-refractivity contribution in [2.75, 3.05) is 13.6 Å². The molecule has 0 aliphatic carbocycles. The number of nitrogens with zero attached hydrogens (tertiary/aromatic N) is 1. The van der Waals surface area contributed by atoms with Gasteiger partial charge in [0.2, 0.25) is 0 Å². The van der Waals surface area contributed by atoms with Crippen LogP contribution in [0.4, 0.5) is 4.39 Å². The van der Waals surface area contributed by atoms with Crippen LogP contribution in [0.1, 0.15) is 36.2 Å². The maximum atomic E-state index is 13.3. The van der Waals surface area contributed by atoms with Gasteiger partial charge in [0.1, 0.15) is 5.82 Å². The van der Waals surface area contributed by atoms with Crippen LogP contribution in [-0.4, -0.2) is 24.4 Å². The van der Waals surface area contributed by atoms with Gasteiger partial charge in [0.25, 0.3) is 5.91 Å². The lowest BCUT2D eigenvalue weighted by atomic mass is 10.1. The molecule has 17 heavy (non-hydrogen) atoms. The zero-order valence-electron chi connectivity index (χ0n) is 11.0. The molecule has 2 nitrogen and oxygen atoms in total. The van der Waals surface area contributed by atoms with Crippen LogP contribution in [0.3, 0.4) is 0 Å².